The molecule has 1 heteroatoms. The molecule has 0 spiro atoms. The van der Waals surface area contributed by atoms with Gasteiger partial charge in [0.05, 0.1) is 0 Å². The Morgan fingerprint density at radius 1 is 0.538 bits per heavy atom. The van der Waals surface area contributed by atoms with Gasteiger partial charge in [-0.2, -0.15) is 0 Å². The quantitative estimate of drug-likeness (QED) is 0.265. The average Bonchev–Trinajstić information content (AvgIpc) is 2.65. The summed E-state index contributed by atoms with van der Waals surface area (Å²) < 4.78 is 0. The van der Waals surface area contributed by atoms with Crippen molar-refractivity contribution in [3.8, 4) is 0 Å². The van der Waals surface area contributed by atoms with E-state index in [2.05, 4.69) is 31.2 Å². The SMILES string of the molecule is Cc1ccccc1CCCCCCCCCCCCCCCCCCO. The van der Waals surface area contributed by atoms with Crippen LogP contribution in [-0.4, -0.2) is 11.7 Å². The van der Waals surface area contributed by atoms with Crippen molar-refractivity contribution in [2.75, 3.05) is 6.61 Å². The molecule has 0 heterocycles. The average molecular weight is 361 g/mol. The van der Waals surface area contributed by atoms with Crippen LogP contribution in [0.3, 0.4) is 0 Å². The van der Waals surface area contributed by atoms with Gasteiger partial charge >= 0.3 is 0 Å². The highest BCUT2D eigenvalue weighted by molar-refractivity contribution is 5.25. The molecule has 0 unspecified atom stereocenters. The normalized spacial score (nSPS) is 11.2. The largest absolute Gasteiger partial charge is 0.396 e. The molecule has 1 N–H and O–H groups in total. The molecule has 0 aliphatic carbocycles. The van der Waals surface area contributed by atoms with Crippen LogP contribution in [0.4, 0.5) is 0 Å². The second-order valence-corrected chi connectivity index (χ2v) is 8.06. The van der Waals surface area contributed by atoms with E-state index in [1.165, 1.54) is 114 Å². The van der Waals surface area contributed by atoms with E-state index in [-0.39, 0.29) is 0 Å². The number of rotatable bonds is 18. The van der Waals surface area contributed by atoms with Gasteiger partial charge in [-0.3, -0.25) is 0 Å². The van der Waals surface area contributed by atoms with Gasteiger partial charge in [0.25, 0.3) is 0 Å². The van der Waals surface area contributed by atoms with Gasteiger partial charge in [-0.05, 0) is 37.3 Å². The van der Waals surface area contributed by atoms with Gasteiger partial charge in [0.1, 0.15) is 0 Å². The third-order valence-corrected chi connectivity index (χ3v) is 5.62. The van der Waals surface area contributed by atoms with Crippen molar-refractivity contribution in [3.63, 3.8) is 0 Å². The van der Waals surface area contributed by atoms with Crippen LogP contribution in [0.2, 0.25) is 0 Å². The Labute approximate surface area is 163 Å². The van der Waals surface area contributed by atoms with Crippen LogP contribution >= 0.6 is 0 Å². The van der Waals surface area contributed by atoms with E-state index < -0.39 is 0 Å². The zero-order valence-corrected chi connectivity index (χ0v) is 17.5. The highest BCUT2D eigenvalue weighted by atomic mass is 16.2. The summed E-state index contributed by atoms with van der Waals surface area (Å²) in [6, 6.07) is 8.82. The highest BCUT2D eigenvalue weighted by Gasteiger charge is 1.98. The van der Waals surface area contributed by atoms with Crippen molar-refractivity contribution >= 4 is 0 Å². The van der Waals surface area contributed by atoms with Crippen LogP contribution in [0.15, 0.2) is 24.3 Å². The summed E-state index contributed by atoms with van der Waals surface area (Å²) in [5.41, 5.74) is 2.99. The van der Waals surface area contributed by atoms with E-state index in [1.54, 1.807) is 0 Å². The summed E-state index contributed by atoms with van der Waals surface area (Å²) in [5, 5.41) is 8.73. The van der Waals surface area contributed by atoms with Crippen molar-refractivity contribution in [2.24, 2.45) is 0 Å². The van der Waals surface area contributed by atoms with E-state index in [1.807, 2.05) is 0 Å². The van der Waals surface area contributed by atoms with E-state index in [9.17, 15) is 0 Å². The van der Waals surface area contributed by atoms with Crippen LogP contribution in [-0.2, 0) is 6.42 Å². The molecule has 0 saturated heterocycles. The Morgan fingerprint density at radius 2 is 0.923 bits per heavy atom. The van der Waals surface area contributed by atoms with Crippen molar-refractivity contribution in [3.05, 3.63) is 35.4 Å². The minimum Gasteiger partial charge on any atom is -0.396 e. The smallest absolute Gasteiger partial charge is 0.0431 e. The Kier molecular flexibility index (Phi) is 15.7. The second-order valence-electron chi connectivity index (χ2n) is 8.06. The molecule has 1 nitrogen and oxygen atoms in total. The minimum absolute atomic E-state index is 0.368. The number of unbranched alkanes of at least 4 members (excludes halogenated alkanes) is 15. The topological polar surface area (TPSA) is 20.2 Å². The Hall–Kier alpha value is -0.820. The molecule has 1 rings (SSSR count). The molecule has 1 aromatic carbocycles. The second kappa shape index (κ2) is 17.6. The monoisotopic (exact) mass is 360 g/mol. The van der Waals surface area contributed by atoms with Crippen molar-refractivity contribution in [1.29, 1.82) is 0 Å². The van der Waals surface area contributed by atoms with E-state index >= 15 is 0 Å². The van der Waals surface area contributed by atoms with Crippen molar-refractivity contribution in [1.82, 2.24) is 0 Å². The molecule has 0 saturated carbocycles. The first-order valence-corrected chi connectivity index (χ1v) is 11.5. The molecule has 26 heavy (non-hydrogen) atoms. The Morgan fingerprint density at radius 3 is 1.35 bits per heavy atom. The third kappa shape index (κ3) is 13.4. The lowest BCUT2D eigenvalue weighted by Gasteiger charge is -2.05. The lowest BCUT2D eigenvalue weighted by Crippen LogP contribution is -1.89. The van der Waals surface area contributed by atoms with E-state index in [4.69, 9.17) is 5.11 Å². The molecule has 0 aliphatic rings. The van der Waals surface area contributed by atoms with Crippen LogP contribution in [0.1, 0.15) is 114 Å². The molecule has 0 bridgehead atoms. The van der Waals surface area contributed by atoms with Gasteiger partial charge in [0.2, 0.25) is 0 Å². The first-order chi connectivity index (χ1) is 12.8. The van der Waals surface area contributed by atoms with E-state index in [0.717, 1.165) is 6.42 Å². The predicted molar refractivity (Wildman–Crippen MR) is 116 cm³/mol. The number of aryl methyl sites for hydroxylation is 2. The highest BCUT2D eigenvalue weighted by Crippen LogP contribution is 2.15. The maximum absolute atomic E-state index is 8.73. The lowest BCUT2D eigenvalue weighted by atomic mass is 10.0. The number of hydrogen-bond donors (Lipinski definition) is 1. The van der Waals surface area contributed by atoms with Gasteiger partial charge < -0.3 is 5.11 Å². The molecule has 0 atom stereocenters. The number of aliphatic hydroxyl groups excluding tert-OH is 1. The molecule has 0 aliphatic heterocycles. The molecule has 150 valence electrons. The van der Waals surface area contributed by atoms with Gasteiger partial charge in [-0.15, -0.1) is 0 Å². The van der Waals surface area contributed by atoms with Gasteiger partial charge in [0.15, 0.2) is 0 Å². The molecule has 1 aromatic rings. The van der Waals surface area contributed by atoms with Crippen LogP contribution in [0.25, 0.3) is 0 Å². The Balaban J connectivity index is 1.74. The molecule has 0 fully saturated rings. The summed E-state index contributed by atoms with van der Waals surface area (Å²) in [6.07, 6.45) is 23.2. The standard InChI is InChI=1S/C25H44O/c1-24-20-17-18-22-25(24)21-16-14-12-10-8-6-4-2-3-5-7-9-11-13-15-19-23-26/h17-18,20,22,26H,2-16,19,21,23H2,1H3. The molecule has 0 radical (unpaired) electrons. The maximum Gasteiger partial charge on any atom is 0.0431 e. The van der Waals surface area contributed by atoms with Gasteiger partial charge in [-0.25, -0.2) is 0 Å². The first-order valence-electron chi connectivity index (χ1n) is 11.5. The number of aliphatic hydroxyl groups is 1. The van der Waals surface area contributed by atoms with Crippen molar-refractivity contribution < 1.29 is 5.11 Å². The van der Waals surface area contributed by atoms with Gasteiger partial charge in [0, 0.05) is 6.61 Å². The van der Waals surface area contributed by atoms with Crippen LogP contribution < -0.4 is 0 Å². The van der Waals surface area contributed by atoms with Crippen molar-refractivity contribution in [2.45, 2.75) is 116 Å². The zero-order valence-electron chi connectivity index (χ0n) is 17.5. The fourth-order valence-electron chi connectivity index (χ4n) is 3.79. The molecule has 0 amide bonds. The number of benzene rings is 1. The fraction of sp³-hybridized carbons (Fsp3) is 0.760. The van der Waals surface area contributed by atoms with Gasteiger partial charge in [-0.1, -0.05) is 114 Å². The van der Waals surface area contributed by atoms with Crippen LogP contribution in [0.5, 0.6) is 0 Å². The summed E-state index contributed by atoms with van der Waals surface area (Å²) in [4.78, 5) is 0. The first kappa shape index (κ1) is 23.2. The predicted octanol–water partition coefficient (Wildman–Crippen LogP) is 7.77. The third-order valence-electron chi connectivity index (χ3n) is 5.62. The molecule has 0 aromatic heterocycles. The number of hydrogen-bond acceptors (Lipinski definition) is 1. The summed E-state index contributed by atoms with van der Waals surface area (Å²) >= 11 is 0. The summed E-state index contributed by atoms with van der Waals surface area (Å²) in [7, 11) is 0. The Bertz CT molecular complexity index is 412. The lowest BCUT2D eigenvalue weighted by molar-refractivity contribution is 0.282. The maximum atomic E-state index is 8.73. The zero-order chi connectivity index (χ0) is 18.7. The molecular weight excluding hydrogens is 316 g/mol. The fourth-order valence-corrected chi connectivity index (χ4v) is 3.79. The molecular formula is C25H44O. The van der Waals surface area contributed by atoms with Crippen LogP contribution in [0, 0.1) is 6.92 Å². The summed E-state index contributed by atoms with van der Waals surface area (Å²) in [5.74, 6) is 0. The minimum atomic E-state index is 0.368. The summed E-state index contributed by atoms with van der Waals surface area (Å²) in [6.45, 7) is 2.60. The van der Waals surface area contributed by atoms with E-state index in [0.29, 0.717) is 6.61 Å².